The predicted octanol–water partition coefficient (Wildman–Crippen LogP) is 3.85. The molecule has 0 radical (unpaired) electrons. The lowest BCUT2D eigenvalue weighted by atomic mass is 10.1. The predicted molar refractivity (Wildman–Crippen MR) is 92.5 cm³/mol. The maximum absolute atomic E-state index is 13.8. The Morgan fingerprint density at radius 1 is 1.08 bits per heavy atom. The van der Waals surface area contributed by atoms with E-state index in [0.29, 0.717) is 5.82 Å². The molecule has 6 nitrogen and oxygen atoms in total. The van der Waals surface area contributed by atoms with Gasteiger partial charge in [-0.3, -0.25) is 5.10 Å². The molecule has 7 heteroatoms. The Labute approximate surface area is 142 Å². The second-order valence-electron chi connectivity index (χ2n) is 5.47. The monoisotopic (exact) mass is 335 g/mol. The summed E-state index contributed by atoms with van der Waals surface area (Å²) in [6.07, 6.45) is 5.34. The second-order valence-corrected chi connectivity index (χ2v) is 5.47. The summed E-state index contributed by atoms with van der Waals surface area (Å²) in [4.78, 5) is 4.03. The highest BCUT2D eigenvalue weighted by molar-refractivity contribution is 5.67. The molecule has 2 aromatic carbocycles. The molecule has 0 saturated carbocycles. The number of phenols is 1. The lowest BCUT2D eigenvalue weighted by Gasteiger charge is -2.04. The smallest absolute Gasteiger partial charge is 0.152 e. The maximum atomic E-state index is 13.8. The summed E-state index contributed by atoms with van der Waals surface area (Å²) in [7, 11) is 0. The van der Waals surface area contributed by atoms with Crippen molar-refractivity contribution in [1.29, 1.82) is 0 Å². The third-order valence-electron chi connectivity index (χ3n) is 3.77. The number of phenolic OH excluding ortho intramolecular Hbond substituents is 1. The van der Waals surface area contributed by atoms with Gasteiger partial charge in [0.25, 0.3) is 0 Å². The highest BCUT2D eigenvalue weighted by Crippen LogP contribution is 2.25. The lowest BCUT2D eigenvalue weighted by Crippen LogP contribution is -1.93. The van der Waals surface area contributed by atoms with E-state index in [2.05, 4.69) is 20.5 Å². The second kappa shape index (κ2) is 6.12. The quantitative estimate of drug-likeness (QED) is 0.495. The number of aromatic hydroxyl groups is 1. The van der Waals surface area contributed by atoms with Gasteiger partial charge in [0.2, 0.25) is 0 Å². The number of nitrogens with one attached hydrogen (secondary N) is 2. The van der Waals surface area contributed by atoms with Crippen LogP contribution in [0.5, 0.6) is 5.75 Å². The zero-order chi connectivity index (χ0) is 17.2. The van der Waals surface area contributed by atoms with E-state index in [1.807, 2.05) is 35.0 Å². The topological polar surface area (TPSA) is 78.8 Å². The number of imidazole rings is 1. The van der Waals surface area contributed by atoms with Crippen molar-refractivity contribution in [3.05, 3.63) is 73.1 Å². The summed E-state index contributed by atoms with van der Waals surface area (Å²) in [6, 6.07) is 13.6. The number of benzene rings is 2. The molecular formula is C18H14FN5O. The zero-order valence-electron chi connectivity index (χ0n) is 13.0. The fourth-order valence-electron chi connectivity index (χ4n) is 2.50. The number of hydrogen-bond acceptors (Lipinski definition) is 4. The Morgan fingerprint density at radius 2 is 1.92 bits per heavy atom. The van der Waals surface area contributed by atoms with E-state index < -0.39 is 5.82 Å². The van der Waals surface area contributed by atoms with Crippen molar-refractivity contribution in [2.75, 3.05) is 5.32 Å². The molecule has 25 heavy (non-hydrogen) atoms. The summed E-state index contributed by atoms with van der Waals surface area (Å²) >= 11 is 0. The Hall–Kier alpha value is -3.61. The molecule has 3 N–H and O–H groups in total. The van der Waals surface area contributed by atoms with Crippen LogP contribution < -0.4 is 5.32 Å². The zero-order valence-corrected chi connectivity index (χ0v) is 13.0. The van der Waals surface area contributed by atoms with Crippen LogP contribution in [-0.4, -0.2) is 24.9 Å². The summed E-state index contributed by atoms with van der Waals surface area (Å²) in [5.41, 5.74) is 3.01. The molecule has 0 unspecified atom stereocenters. The standard InChI is InChI=1S/C18H14FN5O/c19-15-9-14(25)5-6-16(15)21-18-10-17(22-23-18)12-1-3-13(4-2-12)24-8-7-20-11-24/h1-11,25H,(H2,21,22,23). The molecule has 2 heterocycles. The fraction of sp³-hybridized carbons (Fsp3) is 0. The lowest BCUT2D eigenvalue weighted by molar-refractivity contribution is 0.469. The van der Waals surface area contributed by atoms with Crippen LogP contribution in [0.2, 0.25) is 0 Å². The molecule has 0 fully saturated rings. The molecule has 0 aliphatic carbocycles. The molecule has 0 spiro atoms. The molecule has 0 saturated heterocycles. The van der Waals surface area contributed by atoms with Crippen molar-refractivity contribution in [2.24, 2.45) is 0 Å². The van der Waals surface area contributed by atoms with Gasteiger partial charge in [-0.1, -0.05) is 12.1 Å². The number of rotatable bonds is 4. The highest BCUT2D eigenvalue weighted by Gasteiger charge is 2.08. The number of H-pyrrole nitrogens is 1. The number of aromatic nitrogens is 4. The third-order valence-corrected chi connectivity index (χ3v) is 3.77. The molecular weight excluding hydrogens is 321 g/mol. The molecule has 0 aliphatic rings. The molecule has 0 aliphatic heterocycles. The van der Waals surface area contributed by atoms with Crippen LogP contribution in [0.25, 0.3) is 16.9 Å². The summed E-state index contributed by atoms with van der Waals surface area (Å²) in [5.74, 6) is -0.184. The first kappa shape index (κ1) is 14.9. The largest absolute Gasteiger partial charge is 0.508 e. The van der Waals surface area contributed by atoms with Gasteiger partial charge in [-0.15, -0.1) is 0 Å². The van der Waals surface area contributed by atoms with Gasteiger partial charge in [0.15, 0.2) is 5.82 Å². The van der Waals surface area contributed by atoms with Gasteiger partial charge in [0.05, 0.1) is 17.7 Å². The van der Waals surface area contributed by atoms with Crippen molar-refractivity contribution in [3.8, 4) is 22.7 Å². The van der Waals surface area contributed by atoms with Gasteiger partial charge in [0, 0.05) is 30.2 Å². The van der Waals surface area contributed by atoms with Crippen LogP contribution in [0.3, 0.4) is 0 Å². The van der Waals surface area contributed by atoms with Crippen LogP contribution in [0.15, 0.2) is 67.3 Å². The molecule has 0 amide bonds. The number of anilines is 2. The Morgan fingerprint density at radius 3 is 2.64 bits per heavy atom. The van der Waals surface area contributed by atoms with Gasteiger partial charge in [-0.05, 0) is 29.8 Å². The maximum Gasteiger partial charge on any atom is 0.152 e. The first-order valence-electron chi connectivity index (χ1n) is 7.59. The Kier molecular flexibility index (Phi) is 3.66. The average molecular weight is 335 g/mol. The van der Waals surface area contributed by atoms with Gasteiger partial charge >= 0.3 is 0 Å². The normalized spacial score (nSPS) is 10.8. The number of aromatic amines is 1. The fourth-order valence-corrected chi connectivity index (χ4v) is 2.50. The average Bonchev–Trinajstić information content (AvgIpc) is 3.30. The molecule has 0 bridgehead atoms. The number of hydrogen-bond donors (Lipinski definition) is 3. The molecule has 124 valence electrons. The van der Waals surface area contributed by atoms with Crippen LogP contribution >= 0.6 is 0 Å². The van der Waals surface area contributed by atoms with E-state index in [-0.39, 0.29) is 11.4 Å². The van der Waals surface area contributed by atoms with Crippen LogP contribution in [-0.2, 0) is 0 Å². The van der Waals surface area contributed by atoms with Crippen LogP contribution in [0.1, 0.15) is 0 Å². The molecule has 2 aromatic heterocycles. The first-order chi connectivity index (χ1) is 12.2. The van der Waals surface area contributed by atoms with Crippen molar-refractivity contribution in [1.82, 2.24) is 19.7 Å². The third kappa shape index (κ3) is 3.07. The van der Waals surface area contributed by atoms with Gasteiger partial charge in [-0.25, -0.2) is 9.37 Å². The van der Waals surface area contributed by atoms with E-state index in [4.69, 9.17) is 0 Å². The number of halogens is 1. The summed E-state index contributed by atoms with van der Waals surface area (Å²) in [6.45, 7) is 0. The van der Waals surface area contributed by atoms with Crippen molar-refractivity contribution in [3.63, 3.8) is 0 Å². The van der Waals surface area contributed by atoms with Crippen molar-refractivity contribution >= 4 is 11.5 Å². The van der Waals surface area contributed by atoms with E-state index in [9.17, 15) is 9.50 Å². The minimum Gasteiger partial charge on any atom is -0.508 e. The van der Waals surface area contributed by atoms with E-state index in [1.165, 1.54) is 12.1 Å². The van der Waals surface area contributed by atoms with Gasteiger partial charge in [-0.2, -0.15) is 5.10 Å². The van der Waals surface area contributed by atoms with Crippen LogP contribution in [0, 0.1) is 5.82 Å². The highest BCUT2D eigenvalue weighted by atomic mass is 19.1. The van der Waals surface area contributed by atoms with E-state index in [1.54, 1.807) is 18.6 Å². The molecule has 0 atom stereocenters. The minimum atomic E-state index is -0.547. The van der Waals surface area contributed by atoms with Crippen LogP contribution in [0.4, 0.5) is 15.9 Å². The van der Waals surface area contributed by atoms with Crippen molar-refractivity contribution in [2.45, 2.75) is 0 Å². The van der Waals surface area contributed by atoms with Crippen molar-refractivity contribution < 1.29 is 9.50 Å². The summed E-state index contributed by atoms with van der Waals surface area (Å²) in [5, 5.41) is 19.2. The SMILES string of the molecule is Oc1ccc(Nc2cc(-c3ccc(-n4ccnc4)cc3)[nH]n2)c(F)c1. The molecule has 4 rings (SSSR count). The Bertz CT molecular complexity index is 993. The number of nitrogens with zero attached hydrogens (tertiary/aromatic N) is 3. The molecule has 4 aromatic rings. The van der Waals surface area contributed by atoms with Gasteiger partial charge < -0.3 is 15.0 Å². The minimum absolute atomic E-state index is 0.122. The first-order valence-corrected chi connectivity index (χ1v) is 7.59. The van der Waals surface area contributed by atoms with Gasteiger partial charge in [0.1, 0.15) is 11.6 Å². The Balaban J connectivity index is 1.54. The van der Waals surface area contributed by atoms with E-state index in [0.717, 1.165) is 23.0 Å². The van der Waals surface area contributed by atoms with E-state index >= 15 is 0 Å². The summed E-state index contributed by atoms with van der Waals surface area (Å²) < 4.78 is 15.7.